The van der Waals surface area contributed by atoms with E-state index < -0.39 is 9.84 Å². The van der Waals surface area contributed by atoms with Crippen LogP contribution in [-0.4, -0.2) is 39.8 Å². The molecule has 2 aromatic carbocycles. The molecule has 0 aliphatic rings. The molecule has 0 radical (unpaired) electrons. The molecule has 0 aliphatic carbocycles. The summed E-state index contributed by atoms with van der Waals surface area (Å²) in [4.78, 5) is 4.82. The number of aliphatic imine (C=N–C) groups is 1. The van der Waals surface area contributed by atoms with Gasteiger partial charge in [-0.15, -0.1) is 0 Å². The Morgan fingerprint density at radius 1 is 1.07 bits per heavy atom. The van der Waals surface area contributed by atoms with Crippen LogP contribution >= 0.6 is 11.6 Å². The van der Waals surface area contributed by atoms with Crippen molar-refractivity contribution in [3.63, 3.8) is 0 Å². The minimum absolute atomic E-state index is 0.0857. The van der Waals surface area contributed by atoms with Crippen molar-refractivity contribution in [2.24, 2.45) is 4.99 Å². The van der Waals surface area contributed by atoms with E-state index in [0.717, 1.165) is 23.6 Å². The summed E-state index contributed by atoms with van der Waals surface area (Å²) < 4.78 is 24.5. The molecule has 0 amide bonds. The van der Waals surface area contributed by atoms with Crippen LogP contribution in [0.4, 0.5) is 0 Å². The zero-order valence-corrected chi connectivity index (χ0v) is 17.1. The molecule has 2 rings (SSSR count). The van der Waals surface area contributed by atoms with E-state index >= 15 is 0 Å². The molecule has 0 saturated heterocycles. The average Bonchev–Trinajstić information content (AvgIpc) is 2.66. The molecule has 0 heterocycles. The molecular formula is C20H26ClN3O2S. The molecule has 0 fully saturated rings. The summed E-state index contributed by atoms with van der Waals surface area (Å²) in [6.45, 7) is 3.90. The van der Waals surface area contributed by atoms with Gasteiger partial charge in [-0.05, 0) is 49.6 Å². The number of rotatable bonds is 9. The van der Waals surface area contributed by atoms with E-state index in [0.29, 0.717) is 30.4 Å². The Morgan fingerprint density at radius 3 is 2.56 bits per heavy atom. The number of nitrogens with one attached hydrogen (secondary N) is 2. The summed E-state index contributed by atoms with van der Waals surface area (Å²) in [5.74, 6) is 0.777. The van der Waals surface area contributed by atoms with Crippen molar-refractivity contribution >= 4 is 27.4 Å². The lowest BCUT2D eigenvalue weighted by molar-refractivity contribution is 0.593. The molecule has 0 saturated carbocycles. The fraction of sp³-hybridized carbons (Fsp3) is 0.350. The number of hydrogen-bond acceptors (Lipinski definition) is 3. The van der Waals surface area contributed by atoms with E-state index in [1.54, 1.807) is 30.3 Å². The Labute approximate surface area is 166 Å². The zero-order chi connectivity index (χ0) is 19.5. The van der Waals surface area contributed by atoms with Crippen molar-refractivity contribution in [3.05, 3.63) is 65.2 Å². The van der Waals surface area contributed by atoms with Crippen LogP contribution in [0.3, 0.4) is 0 Å². The maximum atomic E-state index is 12.3. The summed E-state index contributed by atoms with van der Waals surface area (Å²) in [7, 11) is -3.25. The molecule has 7 heteroatoms. The number of nitrogens with zero attached hydrogens (tertiary/aromatic N) is 1. The number of guanidine groups is 1. The molecule has 0 unspecified atom stereocenters. The molecule has 0 aromatic heterocycles. The van der Waals surface area contributed by atoms with Gasteiger partial charge in [-0.1, -0.05) is 41.9 Å². The molecule has 0 atom stereocenters. The van der Waals surface area contributed by atoms with Crippen LogP contribution in [0.25, 0.3) is 0 Å². The van der Waals surface area contributed by atoms with Crippen molar-refractivity contribution < 1.29 is 8.42 Å². The minimum Gasteiger partial charge on any atom is -0.357 e. The van der Waals surface area contributed by atoms with Gasteiger partial charge < -0.3 is 10.6 Å². The number of benzene rings is 2. The Morgan fingerprint density at radius 2 is 1.85 bits per heavy atom. The Balaban J connectivity index is 1.80. The maximum Gasteiger partial charge on any atom is 0.191 e. The first-order valence-corrected chi connectivity index (χ1v) is 11.1. The molecule has 0 aliphatic heterocycles. The van der Waals surface area contributed by atoms with Crippen LogP contribution in [0.1, 0.15) is 18.9 Å². The maximum absolute atomic E-state index is 12.3. The van der Waals surface area contributed by atoms with Gasteiger partial charge in [-0.2, -0.15) is 0 Å². The van der Waals surface area contributed by atoms with Crippen LogP contribution in [0.15, 0.2) is 64.5 Å². The molecular weight excluding hydrogens is 382 g/mol. The lowest BCUT2D eigenvalue weighted by Gasteiger charge is -2.11. The van der Waals surface area contributed by atoms with Gasteiger partial charge in [-0.25, -0.2) is 8.42 Å². The Kier molecular flexibility index (Phi) is 8.61. The molecule has 2 N–H and O–H groups in total. The van der Waals surface area contributed by atoms with Crippen LogP contribution in [0, 0.1) is 0 Å². The highest BCUT2D eigenvalue weighted by molar-refractivity contribution is 7.91. The standard InChI is InChI=1S/C20H26ClN3O2S/c1-2-22-20(24-14-12-17-8-6-9-18(21)16-17)23-13-7-15-27(25,26)19-10-4-3-5-11-19/h3-6,8-11,16H,2,7,12-15H2,1H3,(H2,22,23,24). The Hall–Kier alpha value is -2.05. The number of halogens is 1. The Bertz CT molecular complexity index is 839. The summed E-state index contributed by atoms with van der Waals surface area (Å²) in [5.41, 5.74) is 1.15. The zero-order valence-electron chi connectivity index (χ0n) is 15.5. The lowest BCUT2D eigenvalue weighted by atomic mass is 10.1. The summed E-state index contributed by atoms with van der Waals surface area (Å²) in [6.07, 6.45) is 1.30. The predicted molar refractivity (Wildman–Crippen MR) is 112 cm³/mol. The topological polar surface area (TPSA) is 70.6 Å². The van der Waals surface area contributed by atoms with Gasteiger partial charge in [0.25, 0.3) is 0 Å². The summed E-state index contributed by atoms with van der Waals surface area (Å²) in [6, 6.07) is 16.3. The van der Waals surface area contributed by atoms with Crippen molar-refractivity contribution in [3.8, 4) is 0 Å². The van der Waals surface area contributed by atoms with Crippen LogP contribution in [0.5, 0.6) is 0 Å². The molecule has 2 aromatic rings. The number of sulfone groups is 1. The fourth-order valence-electron chi connectivity index (χ4n) is 2.55. The lowest BCUT2D eigenvalue weighted by Crippen LogP contribution is -2.38. The smallest absolute Gasteiger partial charge is 0.191 e. The van der Waals surface area contributed by atoms with Crippen molar-refractivity contribution in [2.75, 3.05) is 25.4 Å². The highest BCUT2D eigenvalue weighted by atomic mass is 35.5. The first-order valence-electron chi connectivity index (χ1n) is 9.05. The van der Waals surface area contributed by atoms with Crippen molar-refractivity contribution in [1.29, 1.82) is 0 Å². The molecule has 146 valence electrons. The van der Waals surface area contributed by atoms with E-state index in [1.165, 1.54) is 0 Å². The van der Waals surface area contributed by atoms with E-state index in [2.05, 4.69) is 15.6 Å². The van der Waals surface area contributed by atoms with Gasteiger partial charge in [0.1, 0.15) is 0 Å². The third-order valence-electron chi connectivity index (χ3n) is 3.88. The normalized spacial score (nSPS) is 12.0. The molecule has 0 spiro atoms. The molecule has 0 bridgehead atoms. The van der Waals surface area contributed by atoms with E-state index in [-0.39, 0.29) is 5.75 Å². The minimum atomic E-state index is -3.25. The van der Waals surface area contributed by atoms with E-state index in [1.807, 2.05) is 31.2 Å². The van der Waals surface area contributed by atoms with Gasteiger partial charge in [0, 0.05) is 24.7 Å². The molecule has 5 nitrogen and oxygen atoms in total. The summed E-state index contributed by atoms with van der Waals surface area (Å²) in [5, 5.41) is 7.17. The van der Waals surface area contributed by atoms with Crippen LogP contribution in [-0.2, 0) is 16.3 Å². The van der Waals surface area contributed by atoms with Gasteiger partial charge in [-0.3, -0.25) is 4.99 Å². The van der Waals surface area contributed by atoms with Gasteiger partial charge in [0.05, 0.1) is 10.6 Å². The number of hydrogen-bond donors (Lipinski definition) is 2. The van der Waals surface area contributed by atoms with E-state index in [4.69, 9.17) is 11.6 Å². The van der Waals surface area contributed by atoms with Crippen LogP contribution in [0.2, 0.25) is 5.02 Å². The van der Waals surface area contributed by atoms with Crippen molar-refractivity contribution in [1.82, 2.24) is 10.6 Å². The third kappa shape index (κ3) is 7.61. The highest BCUT2D eigenvalue weighted by Crippen LogP contribution is 2.11. The third-order valence-corrected chi connectivity index (χ3v) is 5.93. The van der Waals surface area contributed by atoms with Gasteiger partial charge >= 0.3 is 0 Å². The monoisotopic (exact) mass is 407 g/mol. The van der Waals surface area contributed by atoms with Crippen LogP contribution < -0.4 is 10.6 Å². The first kappa shape index (κ1) is 21.3. The van der Waals surface area contributed by atoms with Gasteiger partial charge in [0.15, 0.2) is 15.8 Å². The fourth-order valence-corrected chi connectivity index (χ4v) is 4.08. The predicted octanol–water partition coefficient (Wildman–Crippen LogP) is 3.30. The largest absolute Gasteiger partial charge is 0.357 e. The van der Waals surface area contributed by atoms with Crippen molar-refractivity contribution in [2.45, 2.75) is 24.7 Å². The van der Waals surface area contributed by atoms with E-state index in [9.17, 15) is 8.42 Å². The SMILES string of the molecule is CCNC(=NCCCS(=O)(=O)c1ccccc1)NCCc1cccc(Cl)c1. The average molecular weight is 408 g/mol. The molecule has 27 heavy (non-hydrogen) atoms. The highest BCUT2D eigenvalue weighted by Gasteiger charge is 2.12. The quantitative estimate of drug-likeness (QED) is 0.380. The summed E-state index contributed by atoms with van der Waals surface area (Å²) >= 11 is 6.00. The van der Waals surface area contributed by atoms with Gasteiger partial charge in [0.2, 0.25) is 0 Å². The second-order valence-corrected chi connectivity index (χ2v) is 8.60. The second kappa shape index (κ2) is 10.9. The second-order valence-electron chi connectivity index (χ2n) is 6.05. The first-order chi connectivity index (χ1) is 13.0.